The second-order valence-corrected chi connectivity index (χ2v) is 4.33. The summed E-state index contributed by atoms with van der Waals surface area (Å²) in [7, 11) is 0. The van der Waals surface area contributed by atoms with Gasteiger partial charge in [0.25, 0.3) is 0 Å². The monoisotopic (exact) mass is 234 g/mol. The van der Waals surface area contributed by atoms with Crippen molar-refractivity contribution in [1.29, 1.82) is 0 Å². The molecule has 0 spiro atoms. The molecule has 1 aromatic rings. The average Bonchev–Trinajstić information content (AvgIpc) is 2.28. The van der Waals surface area contributed by atoms with Crippen molar-refractivity contribution in [2.24, 2.45) is 0 Å². The molecule has 0 aliphatic rings. The lowest BCUT2D eigenvalue weighted by molar-refractivity contribution is 0.128. The molecule has 0 saturated carbocycles. The number of hydrogen-bond acceptors (Lipinski definition) is 2. The van der Waals surface area contributed by atoms with E-state index in [0.29, 0.717) is 5.92 Å². The predicted molar refractivity (Wildman–Crippen MR) is 67.2 cm³/mol. The Morgan fingerprint density at radius 2 is 1.94 bits per heavy atom. The van der Waals surface area contributed by atoms with Gasteiger partial charge in [-0.1, -0.05) is 45.0 Å². The summed E-state index contributed by atoms with van der Waals surface area (Å²) < 4.78 is 4.35. The summed E-state index contributed by atoms with van der Waals surface area (Å²) in [5.74, 6) is 0.620. The van der Waals surface area contributed by atoms with Crippen molar-refractivity contribution < 1.29 is 14.6 Å². The molecule has 1 aromatic carbocycles. The molecule has 0 aliphatic carbocycles. The van der Waals surface area contributed by atoms with Crippen molar-refractivity contribution in [1.82, 2.24) is 0 Å². The molecule has 0 amide bonds. The van der Waals surface area contributed by atoms with E-state index in [1.165, 1.54) is 11.8 Å². The molecule has 3 heteroatoms. The fraction of sp³-hybridized carbons (Fsp3) is 0.357. The maximum atomic E-state index is 10.2. The lowest BCUT2D eigenvalue weighted by Crippen LogP contribution is -1.95. The zero-order valence-electron chi connectivity index (χ0n) is 10.4. The topological polar surface area (TPSA) is 46.5 Å². The first-order valence-electron chi connectivity index (χ1n) is 5.66. The van der Waals surface area contributed by atoms with Crippen LogP contribution in [0.15, 0.2) is 36.6 Å². The van der Waals surface area contributed by atoms with E-state index >= 15 is 0 Å². The number of carboxylic acid groups (broad SMARTS) is 1. The molecule has 0 aromatic heterocycles. The predicted octanol–water partition coefficient (Wildman–Crippen LogP) is 4.12. The van der Waals surface area contributed by atoms with Crippen LogP contribution in [0, 0.1) is 0 Å². The van der Waals surface area contributed by atoms with Gasteiger partial charge in [-0.3, -0.25) is 0 Å². The Balaban J connectivity index is 2.74. The van der Waals surface area contributed by atoms with Crippen molar-refractivity contribution in [3.05, 3.63) is 47.7 Å². The van der Waals surface area contributed by atoms with E-state index < -0.39 is 6.16 Å². The standard InChI is InChI=1S/C14H18O3/c1-10(2)12-5-4-6-13(9-12)11(3)7-8-17-14(15)16/h4-11H,1-3H3,(H,15,16)/b8-7+. The molecule has 1 atom stereocenters. The smallest absolute Gasteiger partial charge is 0.449 e. The van der Waals surface area contributed by atoms with Crippen LogP contribution in [-0.2, 0) is 4.74 Å². The highest BCUT2D eigenvalue weighted by molar-refractivity contribution is 5.57. The van der Waals surface area contributed by atoms with E-state index in [9.17, 15) is 4.79 Å². The SMILES string of the molecule is CC(C)c1cccc(C(C)/C=C/OC(=O)O)c1. The van der Waals surface area contributed by atoms with Gasteiger partial charge in [0.15, 0.2) is 0 Å². The molecule has 1 N–H and O–H groups in total. The molecule has 92 valence electrons. The highest BCUT2D eigenvalue weighted by Gasteiger charge is 2.05. The van der Waals surface area contributed by atoms with Crippen LogP contribution < -0.4 is 0 Å². The summed E-state index contributed by atoms with van der Waals surface area (Å²) in [5.41, 5.74) is 2.43. The van der Waals surface area contributed by atoms with Crippen LogP contribution in [-0.4, -0.2) is 11.3 Å². The molecule has 1 unspecified atom stereocenters. The third kappa shape index (κ3) is 4.31. The van der Waals surface area contributed by atoms with Gasteiger partial charge in [-0.15, -0.1) is 0 Å². The molecular formula is C14H18O3. The van der Waals surface area contributed by atoms with Gasteiger partial charge < -0.3 is 9.84 Å². The van der Waals surface area contributed by atoms with Crippen LogP contribution in [0.5, 0.6) is 0 Å². The fourth-order valence-electron chi connectivity index (χ4n) is 1.53. The van der Waals surface area contributed by atoms with Crippen molar-refractivity contribution in [2.45, 2.75) is 32.6 Å². The van der Waals surface area contributed by atoms with Crippen LogP contribution in [0.3, 0.4) is 0 Å². The van der Waals surface area contributed by atoms with Crippen LogP contribution in [0.25, 0.3) is 0 Å². The molecule has 17 heavy (non-hydrogen) atoms. The Morgan fingerprint density at radius 1 is 1.29 bits per heavy atom. The third-order valence-electron chi connectivity index (χ3n) is 2.64. The van der Waals surface area contributed by atoms with Crippen LogP contribution in [0.4, 0.5) is 4.79 Å². The van der Waals surface area contributed by atoms with Crippen molar-refractivity contribution in [2.75, 3.05) is 0 Å². The van der Waals surface area contributed by atoms with Crippen molar-refractivity contribution in [3.8, 4) is 0 Å². The van der Waals surface area contributed by atoms with E-state index in [1.54, 1.807) is 6.08 Å². The van der Waals surface area contributed by atoms with Gasteiger partial charge >= 0.3 is 6.16 Å². The minimum absolute atomic E-state index is 0.132. The summed E-state index contributed by atoms with van der Waals surface area (Å²) in [6, 6.07) is 8.29. The number of benzene rings is 1. The number of rotatable bonds is 4. The van der Waals surface area contributed by atoms with E-state index in [2.05, 4.69) is 30.7 Å². The lowest BCUT2D eigenvalue weighted by atomic mass is 9.95. The zero-order valence-corrected chi connectivity index (χ0v) is 10.4. The first-order chi connectivity index (χ1) is 8.00. The Labute approximate surface area is 102 Å². The van der Waals surface area contributed by atoms with Crippen molar-refractivity contribution >= 4 is 6.16 Å². The highest BCUT2D eigenvalue weighted by Crippen LogP contribution is 2.22. The van der Waals surface area contributed by atoms with Gasteiger partial charge in [-0.05, 0) is 23.1 Å². The summed E-state index contributed by atoms with van der Waals surface area (Å²) in [4.78, 5) is 10.2. The van der Waals surface area contributed by atoms with Crippen molar-refractivity contribution in [3.63, 3.8) is 0 Å². The Bertz CT molecular complexity index is 408. The summed E-state index contributed by atoms with van der Waals surface area (Å²) in [6.07, 6.45) is 1.66. The molecule has 3 nitrogen and oxygen atoms in total. The maximum Gasteiger partial charge on any atom is 0.510 e. The number of ether oxygens (including phenoxy) is 1. The zero-order chi connectivity index (χ0) is 12.8. The van der Waals surface area contributed by atoms with E-state index in [4.69, 9.17) is 5.11 Å². The molecule has 0 fully saturated rings. The first-order valence-corrected chi connectivity index (χ1v) is 5.66. The van der Waals surface area contributed by atoms with Crippen LogP contribution >= 0.6 is 0 Å². The van der Waals surface area contributed by atoms with Gasteiger partial charge in [0, 0.05) is 5.92 Å². The van der Waals surface area contributed by atoms with E-state index in [1.807, 2.05) is 19.1 Å². The Morgan fingerprint density at radius 3 is 2.53 bits per heavy atom. The van der Waals surface area contributed by atoms with Gasteiger partial charge in [0.1, 0.15) is 0 Å². The summed E-state index contributed by atoms with van der Waals surface area (Å²) in [5, 5.41) is 8.34. The Kier molecular flexibility index (Phi) is 4.76. The molecule has 0 radical (unpaired) electrons. The average molecular weight is 234 g/mol. The number of allylic oxidation sites excluding steroid dienone is 1. The molecule has 0 saturated heterocycles. The van der Waals surface area contributed by atoms with Gasteiger partial charge in [0.2, 0.25) is 0 Å². The third-order valence-corrected chi connectivity index (χ3v) is 2.64. The van der Waals surface area contributed by atoms with Crippen LogP contribution in [0.1, 0.15) is 43.7 Å². The Hall–Kier alpha value is -1.77. The number of hydrogen-bond donors (Lipinski definition) is 1. The van der Waals surface area contributed by atoms with E-state index in [-0.39, 0.29) is 5.92 Å². The summed E-state index contributed by atoms with van der Waals surface area (Å²) >= 11 is 0. The van der Waals surface area contributed by atoms with Gasteiger partial charge in [-0.2, -0.15) is 0 Å². The lowest BCUT2D eigenvalue weighted by Gasteiger charge is -2.11. The first kappa shape index (κ1) is 13.3. The minimum atomic E-state index is -1.29. The molecule has 0 aliphatic heterocycles. The second kappa shape index (κ2) is 6.09. The molecule has 0 bridgehead atoms. The quantitative estimate of drug-likeness (QED) is 0.629. The number of carbonyl (C=O) groups is 1. The largest absolute Gasteiger partial charge is 0.510 e. The minimum Gasteiger partial charge on any atom is -0.449 e. The molecular weight excluding hydrogens is 216 g/mol. The van der Waals surface area contributed by atoms with Gasteiger partial charge in [0.05, 0.1) is 6.26 Å². The normalized spacial score (nSPS) is 12.9. The molecule has 1 rings (SSSR count). The summed E-state index contributed by atoms with van der Waals surface area (Å²) in [6.45, 7) is 6.29. The fourth-order valence-corrected chi connectivity index (χ4v) is 1.53. The van der Waals surface area contributed by atoms with Crippen LogP contribution in [0.2, 0.25) is 0 Å². The maximum absolute atomic E-state index is 10.2. The van der Waals surface area contributed by atoms with Gasteiger partial charge in [-0.25, -0.2) is 4.79 Å². The highest BCUT2D eigenvalue weighted by atomic mass is 16.7. The molecule has 0 heterocycles. The second-order valence-electron chi connectivity index (χ2n) is 4.33. The van der Waals surface area contributed by atoms with E-state index in [0.717, 1.165) is 5.56 Å².